The first-order valence-electron chi connectivity index (χ1n) is 2.93. The summed E-state index contributed by atoms with van der Waals surface area (Å²) in [6, 6.07) is -0.477. The summed E-state index contributed by atoms with van der Waals surface area (Å²) < 4.78 is 4.41. The number of hydrogen-bond acceptors (Lipinski definition) is 3. The second-order valence-corrected chi connectivity index (χ2v) is 2.29. The number of carbonyl (C=O) groups is 1. The predicted octanol–water partition coefficient (Wildman–Crippen LogP) is -0.939. The van der Waals surface area contributed by atoms with Crippen molar-refractivity contribution in [2.75, 3.05) is 0 Å². The molecule has 4 heteroatoms. The fourth-order valence-electron chi connectivity index (χ4n) is 0.408. The predicted molar refractivity (Wildman–Crippen MR) is 37.4 cm³/mol. The molecule has 0 fully saturated rings. The number of rotatable bonds is 2. The Morgan fingerprint density at radius 1 is 1.67 bits per heavy atom. The van der Waals surface area contributed by atoms with Crippen LogP contribution in [0.4, 0.5) is 0 Å². The van der Waals surface area contributed by atoms with Gasteiger partial charge in [-0.1, -0.05) is 13.8 Å². The SMILES string of the molecule is BOC(=O)[C@@H](N)C(C)C. The summed E-state index contributed by atoms with van der Waals surface area (Å²) in [5, 5.41) is 0. The molecule has 3 nitrogen and oxygen atoms in total. The number of carbonyl (C=O) groups excluding carboxylic acids is 1. The first-order valence-corrected chi connectivity index (χ1v) is 2.93. The molecule has 0 bridgehead atoms. The third-order valence-electron chi connectivity index (χ3n) is 1.19. The molecule has 0 heterocycles. The minimum absolute atomic E-state index is 0.150. The lowest BCUT2D eigenvalue weighted by Crippen LogP contribution is -2.36. The normalized spacial score (nSPS) is 13.3. The average molecular weight is 129 g/mol. The molecule has 0 radical (unpaired) electrons. The van der Waals surface area contributed by atoms with Crippen LogP contribution in [0.25, 0.3) is 0 Å². The molecule has 2 N–H and O–H groups in total. The molecule has 0 unspecified atom stereocenters. The van der Waals surface area contributed by atoms with E-state index in [0.717, 1.165) is 0 Å². The molecular formula is C5H12BNO2. The Morgan fingerprint density at radius 3 is 2.22 bits per heavy atom. The van der Waals surface area contributed by atoms with E-state index in [0.29, 0.717) is 0 Å². The van der Waals surface area contributed by atoms with Gasteiger partial charge in [0.15, 0.2) is 0 Å². The monoisotopic (exact) mass is 129 g/mol. The van der Waals surface area contributed by atoms with Gasteiger partial charge in [0.1, 0.15) is 6.04 Å². The lowest BCUT2D eigenvalue weighted by Gasteiger charge is -2.12. The third kappa shape index (κ3) is 2.51. The highest BCUT2D eigenvalue weighted by molar-refractivity contribution is 6.06. The van der Waals surface area contributed by atoms with Gasteiger partial charge >= 0.3 is 14.0 Å². The van der Waals surface area contributed by atoms with Crippen LogP contribution in [0, 0.1) is 5.92 Å². The quantitative estimate of drug-likeness (QED) is 0.489. The Kier molecular flexibility index (Phi) is 3.31. The van der Waals surface area contributed by atoms with Gasteiger partial charge in [-0.15, -0.1) is 0 Å². The summed E-state index contributed by atoms with van der Waals surface area (Å²) in [5.74, 6) is -0.192. The Balaban J connectivity index is 3.72. The Bertz CT molecular complexity index is 105. The highest BCUT2D eigenvalue weighted by Gasteiger charge is 2.15. The molecule has 0 aliphatic carbocycles. The van der Waals surface area contributed by atoms with Crippen LogP contribution >= 0.6 is 0 Å². The van der Waals surface area contributed by atoms with E-state index in [1.807, 2.05) is 13.8 Å². The van der Waals surface area contributed by atoms with Crippen molar-refractivity contribution < 1.29 is 9.45 Å². The molecule has 0 aromatic carbocycles. The van der Waals surface area contributed by atoms with Gasteiger partial charge in [-0.2, -0.15) is 0 Å². The fourth-order valence-corrected chi connectivity index (χ4v) is 0.408. The summed E-state index contributed by atoms with van der Waals surface area (Å²) in [7, 11) is 1.34. The van der Waals surface area contributed by atoms with Crippen molar-refractivity contribution in [2.45, 2.75) is 19.9 Å². The van der Waals surface area contributed by atoms with Gasteiger partial charge < -0.3 is 10.4 Å². The van der Waals surface area contributed by atoms with Gasteiger partial charge in [0.2, 0.25) is 0 Å². The van der Waals surface area contributed by atoms with E-state index in [-0.39, 0.29) is 11.9 Å². The van der Waals surface area contributed by atoms with Crippen LogP contribution in [0.3, 0.4) is 0 Å². The highest BCUT2D eigenvalue weighted by Crippen LogP contribution is 1.98. The van der Waals surface area contributed by atoms with Crippen molar-refractivity contribution >= 4 is 14.0 Å². The Morgan fingerprint density at radius 2 is 2.11 bits per heavy atom. The maximum atomic E-state index is 10.6. The highest BCUT2D eigenvalue weighted by atomic mass is 16.5. The molecule has 1 atom stereocenters. The van der Waals surface area contributed by atoms with Crippen molar-refractivity contribution in [1.29, 1.82) is 0 Å². The first kappa shape index (κ1) is 8.49. The summed E-state index contributed by atoms with van der Waals surface area (Å²) in [6.45, 7) is 3.75. The van der Waals surface area contributed by atoms with Crippen LogP contribution in [0.2, 0.25) is 0 Å². The van der Waals surface area contributed by atoms with Gasteiger partial charge in [-0.3, -0.25) is 4.79 Å². The molecule has 52 valence electrons. The van der Waals surface area contributed by atoms with Crippen molar-refractivity contribution in [3.63, 3.8) is 0 Å². The molecule has 0 saturated heterocycles. The van der Waals surface area contributed by atoms with Crippen molar-refractivity contribution in [3.8, 4) is 0 Å². The molecule has 0 saturated carbocycles. The average Bonchev–Trinajstić information content (AvgIpc) is 1.84. The van der Waals surface area contributed by atoms with Crippen molar-refractivity contribution in [3.05, 3.63) is 0 Å². The maximum absolute atomic E-state index is 10.6. The second-order valence-electron chi connectivity index (χ2n) is 2.29. The van der Waals surface area contributed by atoms with E-state index in [1.165, 1.54) is 8.05 Å². The third-order valence-corrected chi connectivity index (χ3v) is 1.19. The maximum Gasteiger partial charge on any atom is 0.326 e. The summed E-state index contributed by atoms with van der Waals surface area (Å²) in [4.78, 5) is 10.6. The zero-order valence-electron chi connectivity index (χ0n) is 6.05. The van der Waals surface area contributed by atoms with Gasteiger partial charge in [0, 0.05) is 0 Å². The van der Waals surface area contributed by atoms with Crippen molar-refractivity contribution in [2.24, 2.45) is 11.7 Å². The Labute approximate surface area is 56.0 Å². The molecule has 0 aliphatic rings. The molecule has 0 amide bonds. The van der Waals surface area contributed by atoms with Crippen LogP contribution in [-0.2, 0) is 9.45 Å². The van der Waals surface area contributed by atoms with Crippen LogP contribution in [0.15, 0.2) is 0 Å². The summed E-state index contributed by atoms with van der Waals surface area (Å²) in [6.07, 6.45) is 0. The summed E-state index contributed by atoms with van der Waals surface area (Å²) in [5.41, 5.74) is 5.40. The van der Waals surface area contributed by atoms with E-state index in [1.54, 1.807) is 0 Å². The van der Waals surface area contributed by atoms with Crippen molar-refractivity contribution in [1.82, 2.24) is 0 Å². The molecular weight excluding hydrogens is 117 g/mol. The van der Waals surface area contributed by atoms with Crippen LogP contribution < -0.4 is 5.73 Å². The minimum Gasteiger partial charge on any atom is -0.542 e. The first-order chi connectivity index (χ1) is 4.09. The standard InChI is InChI=1S/C5H12BNO2/c1-3(2)4(7)5(8)9-6/h3-4H,6-7H2,1-2H3/t4-/m0/s1. The largest absolute Gasteiger partial charge is 0.542 e. The molecule has 0 aromatic heterocycles. The zero-order chi connectivity index (χ0) is 7.44. The fraction of sp³-hybridized carbons (Fsp3) is 0.800. The van der Waals surface area contributed by atoms with E-state index in [4.69, 9.17) is 5.73 Å². The number of nitrogens with two attached hydrogens (primary N) is 1. The minimum atomic E-state index is -0.477. The smallest absolute Gasteiger partial charge is 0.326 e. The van der Waals surface area contributed by atoms with E-state index in [2.05, 4.69) is 4.65 Å². The molecule has 9 heavy (non-hydrogen) atoms. The van der Waals surface area contributed by atoms with Gasteiger partial charge in [0.25, 0.3) is 0 Å². The number of hydrogen-bond donors (Lipinski definition) is 1. The van der Waals surface area contributed by atoms with E-state index >= 15 is 0 Å². The zero-order valence-corrected chi connectivity index (χ0v) is 6.05. The molecule has 0 spiro atoms. The lowest BCUT2D eigenvalue weighted by atomic mass is 10.1. The lowest BCUT2D eigenvalue weighted by molar-refractivity contribution is -0.136. The Hall–Kier alpha value is -0.505. The van der Waals surface area contributed by atoms with Gasteiger partial charge in [-0.05, 0) is 5.92 Å². The topological polar surface area (TPSA) is 52.3 Å². The van der Waals surface area contributed by atoms with E-state index in [9.17, 15) is 4.79 Å². The van der Waals surface area contributed by atoms with Gasteiger partial charge in [0.05, 0.1) is 0 Å². The van der Waals surface area contributed by atoms with Gasteiger partial charge in [-0.25, -0.2) is 0 Å². The molecule has 0 rings (SSSR count). The van der Waals surface area contributed by atoms with Crippen LogP contribution in [0.1, 0.15) is 13.8 Å². The molecule has 0 aromatic rings. The van der Waals surface area contributed by atoms with Crippen LogP contribution in [-0.4, -0.2) is 20.1 Å². The van der Waals surface area contributed by atoms with E-state index < -0.39 is 6.04 Å². The summed E-state index contributed by atoms with van der Waals surface area (Å²) >= 11 is 0. The molecule has 0 aliphatic heterocycles. The second kappa shape index (κ2) is 3.51. The van der Waals surface area contributed by atoms with Crippen LogP contribution in [0.5, 0.6) is 0 Å².